The smallest absolute Gasteiger partial charge is 0.250 e. The monoisotopic (exact) mass is 556 g/mol. The number of primary amides is 1. The summed E-state index contributed by atoms with van der Waals surface area (Å²) in [5.74, 6) is -0.619. The van der Waals surface area contributed by atoms with E-state index in [-0.39, 0.29) is 25.1 Å². The molecule has 5 heterocycles. The molecule has 3 aliphatic rings. The van der Waals surface area contributed by atoms with Gasteiger partial charge in [0.1, 0.15) is 12.0 Å². The first-order valence-corrected chi connectivity index (χ1v) is 13.9. The van der Waals surface area contributed by atoms with Crippen molar-refractivity contribution >= 4 is 11.9 Å². The van der Waals surface area contributed by atoms with Crippen molar-refractivity contribution in [2.75, 3.05) is 38.3 Å². The van der Waals surface area contributed by atoms with E-state index in [2.05, 4.69) is 20.3 Å². The molecular formula is C29H38F2N6O3. The Balaban J connectivity index is 0.000000253. The first-order valence-electron chi connectivity index (χ1n) is 13.9. The maximum absolute atomic E-state index is 14.2. The summed E-state index contributed by atoms with van der Waals surface area (Å²) in [5.41, 5.74) is 5.82. The molecule has 9 nitrogen and oxygen atoms in total. The molecule has 1 aliphatic carbocycles. The highest BCUT2D eigenvalue weighted by Gasteiger charge is 2.48. The zero-order chi connectivity index (χ0) is 28.2. The van der Waals surface area contributed by atoms with Gasteiger partial charge in [-0.1, -0.05) is 0 Å². The number of ether oxygens (including phenoxy) is 2. The number of carbonyl (C=O) groups excluding carboxylic acids is 1. The Morgan fingerprint density at radius 2 is 1.62 bits per heavy atom. The highest BCUT2D eigenvalue weighted by molar-refractivity contribution is 5.92. The molecule has 3 fully saturated rings. The molecule has 1 amide bonds. The lowest BCUT2D eigenvalue weighted by Gasteiger charge is -2.43. The van der Waals surface area contributed by atoms with Gasteiger partial charge in [-0.05, 0) is 69.6 Å². The van der Waals surface area contributed by atoms with Gasteiger partial charge in [-0.3, -0.25) is 9.78 Å². The van der Waals surface area contributed by atoms with Crippen LogP contribution in [0.1, 0.15) is 67.4 Å². The fourth-order valence-corrected chi connectivity index (χ4v) is 4.86. The highest BCUT2D eigenvalue weighted by atomic mass is 19.1. The number of anilines is 1. The van der Waals surface area contributed by atoms with Crippen molar-refractivity contribution in [2.24, 2.45) is 5.73 Å². The minimum Gasteiger partial charge on any atom is -0.381 e. The summed E-state index contributed by atoms with van der Waals surface area (Å²) in [7, 11) is 0. The van der Waals surface area contributed by atoms with Crippen LogP contribution in [0.5, 0.6) is 0 Å². The fraction of sp³-hybridized carbons (Fsp3) is 0.517. The van der Waals surface area contributed by atoms with Gasteiger partial charge in [0, 0.05) is 57.0 Å². The van der Waals surface area contributed by atoms with Gasteiger partial charge < -0.3 is 25.1 Å². The van der Waals surface area contributed by atoms with Crippen molar-refractivity contribution in [3.05, 3.63) is 66.3 Å². The molecule has 3 aromatic rings. The Hall–Kier alpha value is -3.44. The maximum atomic E-state index is 14.2. The lowest BCUT2D eigenvalue weighted by Crippen LogP contribution is -2.49. The van der Waals surface area contributed by atoms with E-state index in [1.54, 1.807) is 35.4 Å². The van der Waals surface area contributed by atoms with Crippen LogP contribution < -0.4 is 11.1 Å². The summed E-state index contributed by atoms with van der Waals surface area (Å²) in [6.45, 7) is 4.27. The number of pyridine rings is 1. The van der Waals surface area contributed by atoms with Crippen molar-refractivity contribution in [2.45, 2.75) is 63.0 Å². The zero-order valence-corrected chi connectivity index (χ0v) is 22.7. The van der Waals surface area contributed by atoms with Crippen LogP contribution in [0.2, 0.25) is 0 Å². The van der Waals surface area contributed by atoms with Crippen LogP contribution in [0.25, 0.3) is 5.69 Å². The van der Waals surface area contributed by atoms with Crippen molar-refractivity contribution in [3.8, 4) is 5.69 Å². The Morgan fingerprint density at radius 3 is 2.08 bits per heavy atom. The van der Waals surface area contributed by atoms with E-state index in [1.807, 2.05) is 0 Å². The van der Waals surface area contributed by atoms with E-state index >= 15 is 0 Å². The number of rotatable bonds is 6. The summed E-state index contributed by atoms with van der Waals surface area (Å²) in [6, 6.07) is 4.44. The number of aromatic nitrogens is 4. The van der Waals surface area contributed by atoms with Gasteiger partial charge in [-0.25, -0.2) is 18.7 Å². The zero-order valence-electron chi connectivity index (χ0n) is 22.7. The number of nitrogens with one attached hydrogen (secondary N) is 1. The van der Waals surface area contributed by atoms with Gasteiger partial charge in [0.2, 0.25) is 11.9 Å². The molecule has 11 heteroatoms. The first-order chi connectivity index (χ1) is 19.5. The number of halogens is 2. The van der Waals surface area contributed by atoms with Crippen molar-refractivity contribution in [1.82, 2.24) is 19.5 Å². The van der Waals surface area contributed by atoms with E-state index in [1.165, 1.54) is 56.9 Å². The molecule has 0 bridgehead atoms. The lowest BCUT2D eigenvalue weighted by molar-refractivity contribution is 0.0962. The molecule has 0 atom stereocenters. The molecule has 6 rings (SSSR count). The molecule has 3 aromatic heterocycles. The molecule has 40 heavy (non-hydrogen) atoms. The van der Waals surface area contributed by atoms with Crippen LogP contribution in [0, 0.1) is 5.82 Å². The number of nitrogens with two attached hydrogens (primary N) is 1. The molecule has 3 N–H and O–H groups in total. The third-order valence-corrected chi connectivity index (χ3v) is 7.14. The summed E-state index contributed by atoms with van der Waals surface area (Å²) < 4.78 is 39.6. The highest BCUT2D eigenvalue weighted by Crippen LogP contribution is 2.45. The Kier molecular flexibility index (Phi) is 10.9. The predicted molar refractivity (Wildman–Crippen MR) is 148 cm³/mol. The van der Waals surface area contributed by atoms with E-state index in [0.29, 0.717) is 17.2 Å². The van der Waals surface area contributed by atoms with Crippen LogP contribution >= 0.6 is 0 Å². The fourth-order valence-electron chi connectivity index (χ4n) is 4.86. The quantitative estimate of drug-likeness (QED) is 0.450. The molecule has 1 saturated carbocycles. The van der Waals surface area contributed by atoms with Crippen LogP contribution in [0.4, 0.5) is 14.7 Å². The van der Waals surface area contributed by atoms with Crippen LogP contribution in [-0.4, -0.2) is 64.6 Å². The molecule has 0 radical (unpaired) electrons. The van der Waals surface area contributed by atoms with Crippen molar-refractivity contribution in [1.29, 1.82) is 0 Å². The standard InChI is InChI=1S/C19H18F2N6O.2C5H10O/c20-13-6-19(7-13,16-15(21)2-1-4-23-16)11-26-18-24-8-14(9-25-18)27-5-3-12(10-27)17(22)28;2*1-2-4-6-5-3-1/h1-5,8-10,13H,6-7,11H2,(H2,22,28)(H,24,25,26);2*1-5H2. The van der Waals surface area contributed by atoms with Crippen LogP contribution in [0.15, 0.2) is 49.2 Å². The minimum absolute atomic E-state index is 0.200. The Labute approximate surface area is 233 Å². The van der Waals surface area contributed by atoms with Gasteiger partial charge in [0.05, 0.1) is 29.3 Å². The Morgan fingerprint density at radius 1 is 1.00 bits per heavy atom. The third kappa shape index (κ3) is 8.28. The number of hydrogen-bond donors (Lipinski definition) is 2. The maximum Gasteiger partial charge on any atom is 0.250 e. The minimum atomic E-state index is -0.973. The largest absolute Gasteiger partial charge is 0.381 e. The van der Waals surface area contributed by atoms with Gasteiger partial charge in [-0.15, -0.1) is 0 Å². The lowest BCUT2D eigenvalue weighted by atomic mass is 9.65. The van der Waals surface area contributed by atoms with E-state index in [9.17, 15) is 13.6 Å². The number of nitrogens with zero attached hydrogens (tertiary/aromatic N) is 4. The number of amides is 1. The summed E-state index contributed by atoms with van der Waals surface area (Å²) in [6.07, 6.45) is 15.2. The molecule has 0 unspecified atom stereocenters. The SMILES string of the molecule is C1CCOCC1.C1CCOCC1.NC(=O)c1ccn(-c2cnc(NCC3(c4ncccc4F)CC(F)C3)nc2)c1. The van der Waals surface area contributed by atoms with Gasteiger partial charge in [0.15, 0.2) is 0 Å². The molecule has 0 spiro atoms. The number of hydrogen-bond acceptors (Lipinski definition) is 7. The van der Waals surface area contributed by atoms with Crippen LogP contribution in [0.3, 0.4) is 0 Å². The molecular weight excluding hydrogens is 518 g/mol. The average molecular weight is 557 g/mol. The average Bonchev–Trinajstić information content (AvgIpc) is 3.49. The second-order valence-corrected chi connectivity index (χ2v) is 10.3. The second kappa shape index (κ2) is 14.8. The molecule has 0 aromatic carbocycles. The van der Waals surface area contributed by atoms with Crippen LogP contribution in [-0.2, 0) is 14.9 Å². The second-order valence-electron chi connectivity index (χ2n) is 10.3. The normalized spacial score (nSPS) is 22.0. The predicted octanol–water partition coefficient (Wildman–Crippen LogP) is 4.76. The molecule has 2 aliphatic heterocycles. The molecule has 2 saturated heterocycles. The van der Waals surface area contributed by atoms with E-state index < -0.39 is 23.3 Å². The van der Waals surface area contributed by atoms with Gasteiger partial charge in [-0.2, -0.15) is 0 Å². The summed E-state index contributed by atoms with van der Waals surface area (Å²) in [4.78, 5) is 23.8. The van der Waals surface area contributed by atoms with E-state index in [0.717, 1.165) is 26.4 Å². The first kappa shape index (κ1) is 29.5. The van der Waals surface area contributed by atoms with Gasteiger partial charge in [0.25, 0.3) is 0 Å². The number of carbonyl (C=O) groups is 1. The topological polar surface area (TPSA) is 117 Å². The van der Waals surface area contributed by atoms with Crippen molar-refractivity contribution in [3.63, 3.8) is 0 Å². The summed E-state index contributed by atoms with van der Waals surface area (Å²) in [5, 5.41) is 3.06. The van der Waals surface area contributed by atoms with Gasteiger partial charge >= 0.3 is 0 Å². The van der Waals surface area contributed by atoms with E-state index in [4.69, 9.17) is 15.2 Å². The Bertz CT molecular complexity index is 1160. The number of alkyl halides is 1. The van der Waals surface area contributed by atoms with Crippen molar-refractivity contribution < 1.29 is 23.0 Å². The summed E-state index contributed by atoms with van der Waals surface area (Å²) >= 11 is 0. The third-order valence-electron chi connectivity index (χ3n) is 7.14. The molecule has 216 valence electrons.